The van der Waals surface area contributed by atoms with Gasteiger partial charge in [-0.1, -0.05) is 0 Å². The highest BCUT2D eigenvalue weighted by Gasteiger charge is 2.26. The van der Waals surface area contributed by atoms with E-state index in [1.807, 2.05) is 0 Å². The lowest BCUT2D eigenvalue weighted by molar-refractivity contribution is -0.142. The Labute approximate surface area is 94.2 Å². The summed E-state index contributed by atoms with van der Waals surface area (Å²) in [6, 6.07) is -0.863. The number of halogens is 1. The normalized spacial score (nSPS) is 16.8. The van der Waals surface area contributed by atoms with Crippen LogP contribution < -0.4 is 5.32 Å². The maximum atomic E-state index is 11.9. The number of nitrogens with one attached hydrogen (secondary N) is 1. The fourth-order valence-corrected chi connectivity index (χ4v) is 1.54. The van der Waals surface area contributed by atoms with E-state index in [9.17, 15) is 14.0 Å². The van der Waals surface area contributed by atoms with Crippen molar-refractivity contribution in [3.8, 4) is 0 Å². The molecule has 5 heteroatoms. The van der Waals surface area contributed by atoms with Gasteiger partial charge in [0.05, 0.1) is 6.67 Å². The van der Waals surface area contributed by atoms with Gasteiger partial charge in [-0.05, 0) is 38.0 Å². The van der Waals surface area contributed by atoms with Crippen LogP contribution in [0.1, 0.15) is 38.5 Å². The summed E-state index contributed by atoms with van der Waals surface area (Å²) in [5, 5.41) is 11.3. The lowest BCUT2D eigenvalue weighted by atomic mass is 10.1. The zero-order chi connectivity index (χ0) is 12.0. The van der Waals surface area contributed by atoms with Crippen LogP contribution in [0.25, 0.3) is 0 Å². The molecule has 1 fully saturated rings. The number of carbonyl (C=O) groups is 2. The van der Waals surface area contributed by atoms with E-state index < -0.39 is 18.7 Å². The lowest BCUT2D eigenvalue weighted by Crippen LogP contribution is -2.40. The molecule has 0 aromatic rings. The van der Waals surface area contributed by atoms with Crippen molar-refractivity contribution in [3.63, 3.8) is 0 Å². The summed E-state index contributed by atoms with van der Waals surface area (Å²) in [6.45, 7) is -0.442. The largest absolute Gasteiger partial charge is 0.480 e. The molecule has 1 saturated carbocycles. The Bertz CT molecular complexity index is 254. The Kier molecular flexibility index (Phi) is 5.22. The molecule has 2 N–H and O–H groups in total. The van der Waals surface area contributed by atoms with Gasteiger partial charge in [-0.3, -0.25) is 9.18 Å². The Morgan fingerprint density at radius 3 is 2.56 bits per heavy atom. The second-order valence-electron chi connectivity index (χ2n) is 4.29. The fourth-order valence-electron chi connectivity index (χ4n) is 1.54. The van der Waals surface area contributed by atoms with E-state index in [0.717, 1.165) is 12.8 Å². The van der Waals surface area contributed by atoms with Crippen molar-refractivity contribution in [3.05, 3.63) is 0 Å². The minimum Gasteiger partial charge on any atom is -0.480 e. The monoisotopic (exact) mass is 231 g/mol. The number of hydrogen-bond donors (Lipinski definition) is 2. The lowest BCUT2D eigenvalue weighted by Gasteiger charge is -2.13. The molecule has 0 aromatic carbocycles. The van der Waals surface area contributed by atoms with E-state index in [-0.39, 0.29) is 5.91 Å². The Balaban J connectivity index is 2.25. The van der Waals surface area contributed by atoms with Crippen molar-refractivity contribution in [1.82, 2.24) is 5.32 Å². The van der Waals surface area contributed by atoms with Crippen LogP contribution in [0.2, 0.25) is 0 Å². The van der Waals surface area contributed by atoms with Gasteiger partial charge in [-0.15, -0.1) is 0 Å². The minimum atomic E-state index is -1.04. The number of rotatable bonds is 8. The molecular weight excluding hydrogens is 213 g/mol. The van der Waals surface area contributed by atoms with E-state index in [0.29, 0.717) is 31.6 Å². The zero-order valence-corrected chi connectivity index (χ0v) is 9.25. The van der Waals surface area contributed by atoms with Gasteiger partial charge < -0.3 is 10.4 Å². The van der Waals surface area contributed by atoms with Crippen LogP contribution in [0.4, 0.5) is 4.39 Å². The van der Waals surface area contributed by atoms with E-state index in [1.165, 1.54) is 0 Å². The molecular formula is C11H18FNO3. The van der Waals surface area contributed by atoms with Crippen molar-refractivity contribution >= 4 is 11.9 Å². The van der Waals surface area contributed by atoms with Crippen LogP contribution in [0.15, 0.2) is 0 Å². The van der Waals surface area contributed by atoms with Crippen LogP contribution in [-0.2, 0) is 9.59 Å². The number of unbranched alkanes of at least 4 members (excludes halogenated alkanes) is 1. The van der Waals surface area contributed by atoms with Crippen LogP contribution in [-0.4, -0.2) is 29.7 Å². The molecule has 1 unspecified atom stereocenters. The van der Waals surface area contributed by atoms with Gasteiger partial charge in [-0.25, -0.2) is 4.79 Å². The summed E-state index contributed by atoms with van der Waals surface area (Å²) < 4.78 is 11.9. The van der Waals surface area contributed by atoms with E-state index in [1.54, 1.807) is 0 Å². The molecule has 1 aliphatic carbocycles. The molecule has 0 heterocycles. The summed E-state index contributed by atoms with van der Waals surface area (Å²) in [7, 11) is 0. The van der Waals surface area contributed by atoms with Crippen molar-refractivity contribution in [2.75, 3.05) is 6.67 Å². The highest BCUT2D eigenvalue weighted by atomic mass is 19.1. The van der Waals surface area contributed by atoms with Gasteiger partial charge >= 0.3 is 5.97 Å². The molecule has 0 aromatic heterocycles. The van der Waals surface area contributed by atoms with Crippen molar-refractivity contribution in [2.24, 2.45) is 5.92 Å². The van der Waals surface area contributed by atoms with Crippen LogP contribution in [0.5, 0.6) is 0 Å². The Morgan fingerprint density at radius 1 is 1.38 bits per heavy atom. The molecule has 0 aliphatic heterocycles. The molecule has 4 nitrogen and oxygen atoms in total. The fraction of sp³-hybridized carbons (Fsp3) is 0.818. The van der Waals surface area contributed by atoms with E-state index in [2.05, 4.69) is 5.32 Å². The highest BCUT2D eigenvalue weighted by molar-refractivity contribution is 5.83. The van der Waals surface area contributed by atoms with Gasteiger partial charge in [-0.2, -0.15) is 0 Å². The molecule has 1 atom stereocenters. The first kappa shape index (κ1) is 12.9. The van der Waals surface area contributed by atoms with Gasteiger partial charge in [0, 0.05) is 6.42 Å². The SMILES string of the molecule is O=C(CC1CC1)NC(CCCCF)C(=O)O. The Morgan fingerprint density at radius 2 is 2.06 bits per heavy atom. The summed E-state index contributed by atoms with van der Waals surface area (Å²) in [5.41, 5.74) is 0. The average Bonchev–Trinajstić information content (AvgIpc) is 3.00. The van der Waals surface area contributed by atoms with Gasteiger partial charge in [0.25, 0.3) is 0 Å². The standard InChI is InChI=1S/C11H18FNO3/c12-6-2-1-3-9(11(15)16)13-10(14)7-8-4-5-8/h8-9H,1-7H2,(H,13,14)(H,15,16). The number of hydrogen-bond acceptors (Lipinski definition) is 2. The van der Waals surface area contributed by atoms with Gasteiger partial charge in [0.2, 0.25) is 5.91 Å². The smallest absolute Gasteiger partial charge is 0.326 e. The van der Waals surface area contributed by atoms with E-state index >= 15 is 0 Å². The van der Waals surface area contributed by atoms with E-state index in [4.69, 9.17) is 5.11 Å². The minimum absolute atomic E-state index is 0.199. The maximum Gasteiger partial charge on any atom is 0.326 e. The Hall–Kier alpha value is -1.13. The molecule has 1 aliphatic rings. The number of alkyl halides is 1. The highest BCUT2D eigenvalue weighted by Crippen LogP contribution is 2.32. The third-order valence-electron chi connectivity index (χ3n) is 2.68. The molecule has 1 rings (SSSR count). The average molecular weight is 231 g/mol. The second kappa shape index (κ2) is 6.45. The number of amides is 1. The summed E-state index contributed by atoms with van der Waals surface area (Å²) in [4.78, 5) is 22.2. The quantitative estimate of drug-likeness (QED) is 0.622. The molecule has 0 spiro atoms. The van der Waals surface area contributed by atoms with Crippen LogP contribution >= 0.6 is 0 Å². The van der Waals surface area contributed by atoms with Crippen molar-refractivity contribution in [2.45, 2.75) is 44.6 Å². The number of aliphatic carboxylic acids is 1. The maximum absolute atomic E-state index is 11.9. The number of carboxylic acid groups (broad SMARTS) is 1. The molecule has 1 amide bonds. The molecule has 92 valence electrons. The zero-order valence-electron chi connectivity index (χ0n) is 9.25. The predicted octanol–water partition coefficient (Wildman–Crippen LogP) is 1.50. The molecule has 16 heavy (non-hydrogen) atoms. The molecule has 0 saturated heterocycles. The van der Waals surface area contributed by atoms with Crippen LogP contribution in [0, 0.1) is 5.92 Å². The van der Waals surface area contributed by atoms with Crippen molar-refractivity contribution < 1.29 is 19.1 Å². The molecule has 0 radical (unpaired) electrons. The number of carboxylic acids is 1. The van der Waals surface area contributed by atoms with Gasteiger partial charge in [0.1, 0.15) is 6.04 Å². The third kappa shape index (κ3) is 5.09. The van der Waals surface area contributed by atoms with Gasteiger partial charge in [0.15, 0.2) is 0 Å². The summed E-state index contributed by atoms with van der Waals surface area (Å²) in [5.74, 6) is -0.793. The van der Waals surface area contributed by atoms with Crippen LogP contribution in [0.3, 0.4) is 0 Å². The first-order chi connectivity index (χ1) is 7.63. The number of carbonyl (C=O) groups excluding carboxylic acids is 1. The second-order valence-corrected chi connectivity index (χ2v) is 4.29. The third-order valence-corrected chi connectivity index (χ3v) is 2.68. The first-order valence-corrected chi connectivity index (χ1v) is 5.71. The topological polar surface area (TPSA) is 66.4 Å². The summed E-state index contributed by atoms with van der Waals surface area (Å²) >= 11 is 0. The predicted molar refractivity (Wildman–Crippen MR) is 56.7 cm³/mol. The first-order valence-electron chi connectivity index (χ1n) is 5.71. The summed E-state index contributed by atoms with van der Waals surface area (Å²) in [6.07, 6.45) is 3.68. The van der Waals surface area contributed by atoms with Crippen molar-refractivity contribution in [1.29, 1.82) is 0 Å². The molecule has 0 bridgehead atoms.